The number of Topliss-reactive ketones (excluding diaryl/α,β-unsaturated/α-hetero) is 1. The number of hydrogen-bond acceptors (Lipinski definition) is 5. The van der Waals surface area contributed by atoms with Crippen LogP contribution >= 0.6 is 22.9 Å². The first kappa shape index (κ1) is 16.6. The summed E-state index contributed by atoms with van der Waals surface area (Å²) in [7, 11) is 0. The number of ketones is 1. The number of aromatic nitrogens is 1. The third kappa shape index (κ3) is 4.15. The molecule has 4 nitrogen and oxygen atoms in total. The molecule has 1 aromatic heterocycles. The molecule has 0 N–H and O–H groups in total. The molecule has 0 saturated heterocycles. The highest BCUT2D eigenvalue weighted by molar-refractivity contribution is 7.13. The Morgan fingerprint density at radius 3 is 2.68 bits per heavy atom. The first-order chi connectivity index (χ1) is 10.3. The lowest BCUT2D eigenvalue weighted by atomic mass is 9.91. The maximum atomic E-state index is 11.9. The molecule has 6 heteroatoms. The molecule has 116 valence electrons. The van der Waals surface area contributed by atoms with Crippen molar-refractivity contribution in [2.75, 3.05) is 6.61 Å². The van der Waals surface area contributed by atoms with Gasteiger partial charge in [0.15, 0.2) is 18.1 Å². The SMILES string of the molecule is CC(C)(C)C(=O)COC(=O)c1csc(-c2cccc(Cl)c2)n1. The zero-order valence-electron chi connectivity index (χ0n) is 12.6. The standard InChI is InChI=1S/C16H16ClNO3S/c1-16(2,3)13(19)8-21-15(20)12-9-22-14(18-12)10-5-4-6-11(17)7-10/h4-7,9H,8H2,1-3H3. The average Bonchev–Trinajstić information content (AvgIpc) is 2.93. The van der Waals surface area contributed by atoms with Crippen LogP contribution in [0.15, 0.2) is 29.6 Å². The number of ether oxygens (including phenoxy) is 1. The molecule has 0 fully saturated rings. The Labute approximate surface area is 138 Å². The second-order valence-electron chi connectivity index (χ2n) is 5.80. The van der Waals surface area contributed by atoms with Crippen LogP contribution in [0, 0.1) is 5.41 Å². The second kappa shape index (κ2) is 6.58. The number of esters is 1. The molecule has 2 aromatic rings. The van der Waals surface area contributed by atoms with E-state index < -0.39 is 11.4 Å². The van der Waals surface area contributed by atoms with E-state index in [9.17, 15) is 9.59 Å². The van der Waals surface area contributed by atoms with Crippen LogP contribution in [0.1, 0.15) is 31.3 Å². The minimum Gasteiger partial charge on any atom is -0.453 e. The van der Waals surface area contributed by atoms with E-state index in [0.717, 1.165) is 5.56 Å². The van der Waals surface area contributed by atoms with Gasteiger partial charge in [0.25, 0.3) is 0 Å². The van der Waals surface area contributed by atoms with Crippen LogP contribution in [-0.2, 0) is 9.53 Å². The minimum atomic E-state index is -0.595. The van der Waals surface area contributed by atoms with Gasteiger partial charge >= 0.3 is 5.97 Å². The third-order valence-electron chi connectivity index (χ3n) is 2.96. The first-order valence-electron chi connectivity index (χ1n) is 6.69. The highest BCUT2D eigenvalue weighted by atomic mass is 35.5. The van der Waals surface area contributed by atoms with E-state index >= 15 is 0 Å². The lowest BCUT2D eigenvalue weighted by molar-refractivity contribution is -0.129. The predicted molar refractivity (Wildman–Crippen MR) is 87.3 cm³/mol. The van der Waals surface area contributed by atoms with Gasteiger partial charge in [0, 0.05) is 21.4 Å². The summed E-state index contributed by atoms with van der Waals surface area (Å²) in [6.07, 6.45) is 0. The summed E-state index contributed by atoms with van der Waals surface area (Å²) in [5, 5.41) is 2.89. The van der Waals surface area contributed by atoms with E-state index in [0.29, 0.717) is 10.0 Å². The molecule has 0 atom stereocenters. The summed E-state index contributed by atoms with van der Waals surface area (Å²) in [6, 6.07) is 7.23. The normalized spacial score (nSPS) is 11.3. The van der Waals surface area contributed by atoms with Crippen molar-refractivity contribution < 1.29 is 14.3 Å². The average molecular weight is 338 g/mol. The third-order valence-corrected chi connectivity index (χ3v) is 4.08. The lowest BCUT2D eigenvalue weighted by Crippen LogP contribution is -2.26. The van der Waals surface area contributed by atoms with Crippen molar-refractivity contribution in [3.05, 3.63) is 40.4 Å². The molecule has 0 saturated carbocycles. The van der Waals surface area contributed by atoms with E-state index in [1.54, 1.807) is 38.3 Å². The fourth-order valence-corrected chi connectivity index (χ4v) is 2.52. The van der Waals surface area contributed by atoms with Gasteiger partial charge in [0.1, 0.15) is 5.01 Å². The topological polar surface area (TPSA) is 56.3 Å². The van der Waals surface area contributed by atoms with Crippen molar-refractivity contribution in [3.63, 3.8) is 0 Å². The molecule has 0 aliphatic carbocycles. The quantitative estimate of drug-likeness (QED) is 0.783. The van der Waals surface area contributed by atoms with Crippen molar-refractivity contribution in [2.45, 2.75) is 20.8 Å². The molecule has 0 aliphatic heterocycles. The van der Waals surface area contributed by atoms with Crippen LogP contribution in [0.25, 0.3) is 10.6 Å². The van der Waals surface area contributed by atoms with Gasteiger partial charge in [0.05, 0.1) is 0 Å². The molecular formula is C16H16ClNO3S. The Morgan fingerprint density at radius 1 is 1.32 bits per heavy atom. The Morgan fingerprint density at radius 2 is 2.05 bits per heavy atom. The summed E-state index contributed by atoms with van der Waals surface area (Å²) in [4.78, 5) is 27.9. The molecule has 0 bridgehead atoms. The Bertz CT molecular complexity index is 703. The zero-order chi connectivity index (χ0) is 16.3. The van der Waals surface area contributed by atoms with Crippen LogP contribution in [-0.4, -0.2) is 23.3 Å². The van der Waals surface area contributed by atoms with Gasteiger partial charge in [0.2, 0.25) is 0 Å². The maximum absolute atomic E-state index is 11.9. The summed E-state index contributed by atoms with van der Waals surface area (Å²) < 4.78 is 5.02. The lowest BCUT2D eigenvalue weighted by Gasteiger charge is -2.15. The molecule has 0 amide bonds. The van der Waals surface area contributed by atoms with Crippen LogP contribution in [0.5, 0.6) is 0 Å². The van der Waals surface area contributed by atoms with Crippen LogP contribution in [0.3, 0.4) is 0 Å². The molecule has 0 unspecified atom stereocenters. The molecule has 0 spiro atoms. The van der Waals surface area contributed by atoms with Crippen molar-refractivity contribution in [3.8, 4) is 10.6 Å². The number of nitrogens with zero attached hydrogens (tertiary/aromatic N) is 1. The van der Waals surface area contributed by atoms with Crippen LogP contribution < -0.4 is 0 Å². The number of rotatable bonds is 4. The molecule has 22 heavy (non-hydrogen) atoms. The van der Waals surface area contributed by atoms with Gasteiger partial charge in [-0.3, -0.25) is 4.79 Å². The Hall–Kier alpha value is -1.72. The smallest absolute Gasteiger partial charge is 0.358 e. The van der Waals surface area contributed by atoms with E-state index in [4.69, 9.17) is 16.3 Å². The summed E-state index contributed by atoms with van der Waals surface area (Å²) >= 11 is 7.26. The summed E-state index contributed by atoms with van der Waals surface area (Å²) in [5.74, 6) is -0.728. The van der Waals surface area contributed by atoms with Crippen molar-refractivity contribution in [1.29, 1.82) is 0 Å². The van der Waals surface area contributed by atoms with E-state index in [1.807, 2.05) is 12.1 Å². The number of carbonyl (C=O) groups excluding carboxylic acids is 2. The van der Waals surface area contributed by atoms with Crippen molar-refractivity contribution in [2.24, 2.45) is 5.41 Å². The largest absolute Gasteiger partial charge is 0.453 e. The van der Waals surface area contributed by atoms with Gasteiger partial charge in [-0.2, -0.15) is 0 Å². The highest BCUT2D eigenvalue weighted by Crippen LogP contribution is 2.26. The minimum absolute atomic E-state index is 0.133. The molecule has 0 aliphatic rings. The Kier molecular flexibility index (Phi) is 4.98. The molecule has 2 rings (SSSR count). The van der Waals surface area contributed by atoms with E-state index in [1.165, 1.54) is 11.3 Å². The van der Waals surface area contributed by atoms with E-state index in [2.05, 4.69) is 4.98 Å². The fourth-order valence-electron chi connectivity index (χ4n) is 1.54. The predicted octanol–water partition coefficient (Wildman–Crippen LogP) is 4.24. The first-order valence-corrected chi connectivity index (χ1v) is 7.95. The monoisotopic (exact) mass is 337 g/mol. The van der Waals surface area contributed by atoms with Crippen molar-refractivity contribution in [1.82, 2.24) is 4.98 Å². The molecule has 1 heterocycles. The number of halogens is 1. The molecule has 1 aromatic carbocycles. The molecule has 0 radical (unpaired) electrons. The second-order valence-corrected chi connectivity index (χ2v) is 7.09. The highest BCUT2D eigenvalue weighted by Gasteiger charge is 2.23. The zero-order valence-corrected chi connectivity index (χ0v) is 14.1. The number of carbonyl (C=O) groups is 2. The molecular weight excluding hydrogens is 322 g/mol. The maximum Gasteiger partial charge on any atom is 0.358 e. The van der Waals surface area contributed by atoms with Crippen LogP contribution in [0.2, 0.25) is 5.02 Å². The summed E-state index contributed by atoms with van der Waals surface area (Å²) in [5.41, 5.74) is 0.498. The van der Waals surface area contributed by atoms with Gasteiger partial charge in [-0.1, -0.05) is 44.5 Å². The number of benzene rings is 1. The van der Waals surface area contributed by atoms with Crippen LogP contribution in [0.4, 0.5) is 0 Å². The fraction of sp³-hybridized carbons (Fsp3) is 0.312. The van der Waals surface area contributed by atoms with Gasteiger partial charge < -0.3 is 4.74 Å². The summed E-state index contributed by atoms with van der Waals surface area (Å²) in [6.45, 7) is 5.10. The van der Waals surface area contributed by atoms with Crippen molar-refractivity contribution >= 4 is 34.7 Å². The number of thiazole rings is 1. The van der Waals surface area contributed by atoms with Gasteiger partial charge in [-0.15, -0.1) is 11.3 Å². The van der Waals surface area contributed by atoms with Gasteiger partial charge in [-0.05, 0) is 12.1 Å². The van der Waals surface area contributed by atoms with E-state index in [-0.39, 0.29) is 18.1 Å². The Balaban J connectivity index is 2.05. The number of hydrogen-bond donors (Lipinski definition) is 0. The van der Waals surface area contributed by atoms with Gasteiger partial charge in [-0.25, -0.2) is 9.78 Å².